The molecular weight excluding hydrogens is 283 g/mol. The van der Waals surface area contributed by atoms with E-state index in [0.29, 0.717) is 6.54 Å². The summed E-state index contributed by atoms with van der Waals surface area (Å²) in [5, 5.41) is 0. The average Bonchev–Trinajstić information content (AvgIpc) is 2.98. The summed E-state index contributed by atoms with van der Waals surface area (Å²) < 4.78 is 40.2. The predicted molar refractivity (Wildman–Crippen MR) is 69.6 cm³/mol. The van der Waals surface area contributed by atoms with Gasteiger partial charge < -0.3 is 0 Å². The maximum atomic E-state index is 13.4. The van der Waals surface area contributed by atoms with Crippen LogP contribution in [-0.2, 0) is 11.3 Å². The fourth-order valence-electron chi connectivity index (χ4n) is 3.63. The first kappa shape index (κ1) is 14.3. The van der Waals surface area contributed by atoms with Gasteiger partial charge >= 0.3 is 6.18 Å². The van der Waals surface area contributed by atoms with Gasteiger partial charge in [-0.15, -0.1) is 0 Å². The first-order valence-corrected chi connectivity index (χ1v) is 6.69. The minimum absolute atomic E-state index is 0.0877. The number of carbonyl (C=O) groups excluding carboxylic acids is 1. The summed E-state index contributed by atoms with van der Waals surface area (Å²) >= 11 is 0. The molecule has 3 rings (SSSR count). The van der Waals surface area contributed by atoms with Crippen molar-refractivity contribution in [1.29, 1.82) is 0 Å². The van der Waals surface area contributed by atoms with E-state index in [-0.39, 0.29) is 19.5 Å². The highest BCUT2D eigenvalue weighted by atomic mass is 19.4. The lowest BCUT2D eigenvalue weighted by molar-refractivity contribution is -0.194. The number of piperidine rings is 1. The van der Waals surface area contributed by atoms with Crippen LogP contribution in [0, 0.1) is 10.8 Å². The molecular formula is C14H16F3N3O. The van der Waals surface area contributed by atoms with Crippen LogP contribution >= 0.6 is 0 Å². The van der Waals surface area contributed by atoms with Crippen LogP contribution < -0.4 is 11.3 Å². The van der Waals surface area contributed by atoms with Crippen LogP contribution in [0.5, 0.6) is 0 Å². The molecule has 1 heterocycles. The zero-order valence-corrected chi connectivity index (χ0v) is 11.3. The van der Waals surface area contributed by atoms with Crippen LogP contribution in [0.2, 0.25) is 0 Å². The highest BCUT2D eigenvalue weighted by molar-refractivity contribution is 5.88. The number of carbonyl (C=O) groups is 1. The second-order valence-electron chi connectivity index (χ2n) is 5.94. The van der Waals surface area contributed by atoms with Gasteiger partial charge in [0.2, 0.25) is 5.91 Å². The van der Waals surface area contributed by atoms with E-state index in [2.05, 4.69) is 0 Å². The number of amides is 1. The Hall–Kier alpha value is -1.60. The minimum Gasteiger partial charge on any atom is -0.297 e. The molecule has 2 atom stereocenters. The quantitative estimate of drug-likeness (QED) is 0.504. The van der Waals surface area contributed by atoms with Crippen LogP contribution in [0.4, 0.5) is 13.2 Å². The number of hydrazine groups is 1. The van der Waals surface area contributed by atoms with E-state index >= 15 is 0 Å². The summed E-state index contributed by atoms with van der Waals surface area (Å²) in [7, 11) is 0. The summed E-state index contributed by atoms with van der Waals surface area (Å²) in [5.41, 5.74) is -0.533. The number of benzene rings is 1. The van der Waals surface area contributed by atoms with Crippen molar-refractivity contribution in [3.63, 3.8) is 0 Å². The number of hydrogen-bond donors (Lipinski definition) is 2. The van der Waals surface area contributed by atoms with Gasteiger partial charge in [-0.1, -0.05) is 30.3 Å². The Morgan fingerprint density at radius 2 is 1.95 bits per heavy atom. The van der Waals surface area contributed by atoms with Gasteiger partial charge in [-0.25, -0.2) is 5.84 Å². The van der Waals surface area contributed by atoms with E-state index in [1.165, 1.54) is 0 Å². The van der Waals surface area contributed by atoms with Gasteiger partial charge in [-0.3, -0.25) is 15.1 Å². The van der Waals surface area contributed by atoms with Crippen LogP contribution in [-0.4, -0.2) is 30.1 Å². The molecule has 4 nitrogen and oxygen atoms in total. The third kappa shape index (κ3) is 1.95. The highest BCUT2D eigenvalue weighted by Crippen LogP contribution is 2.74. The Morgan fingerprint density at radius 3 is 2.52 bits per heavy atom. The zero-order valence-electron chi connectivity index (χ0n) is 11.3. The Kier molecular flexibility index (Phi) is 3.04. The van der Waals surface area contributed by atoms with E-state index in [1.54, 1.807) is 4.90 Å². The number of fused-ring (bicyclic) bond motifs is 1. The summed E-state index contributed by atoms with van der Waals surface area (Å²) in [6.45, 7) is 0.335. The van der Waals surface area contributed by atoms with Gasteiger partial charge in [0.05, 0.1) is 10.8 Å². The molecule has 114 valence electrons. The lowest BCUT2D eigenvalue weighted by Gasteiger charge is -2.22. The Balaban J connectivity index is 1.83. The van der Waals surface area contributed by atoms with E-state index in [9.17, 15) is 18.0 Å². The maximum absolute atomic E-state index is 13.4. The second-order valence-corrected chi connectivity index (χ2v) is 5.94. The van der Waals surface area contributed by atoms with Crippen molar-refractivity contribution in [2.45, 2.75) is 19.1 Å². The molecule has 2 aliphatic rings. The van der Waals surface area contributed by atoms with Crippen LogP contribution in [0.15, 0.2) is 30.3 Å². The fourth-order valence-corrected chi connectivity index (χ4v) is 3.63. The SMILES string of the molecule is NNC(=O)C12CN(Cc3ccccc3)CC1(C(F)(F)F)C2. The molecule has 3 N–H and O–H groups in total. The van der Waals surface area contributed by atoms with E-state index in [4.69, 9.17) is 5.84 Å². The molecule has 0 spiro atoms. The van der Waals surface area contributed by atoms with Crippen LogP contribution in [0.3, 0.4) is 0 Å². The van der Waals surface area contributed by atoms with E-state index in [1.807, 2.05) is 35.8 Å². The van der Waals surface area contributed by atoms with Gasteiger partial charge in [-0.05, 0) is 12.0 Å². The maximum Gasteiger partial charge on any atom is 0.396 e. The third-order valence-corrected chi connectivity index (χ3v) is 4.74. The number of nitrogens with one attached hydrogen (secondary N) is 1. The van der Waals surface area contributed by atoms with E-state index < -0.39 is 22.9 Å². The normalized spacial score (nSPS) is 31.8. The monoisotopic (exact) mass is 299 g/mol. The molecule has 21 heavy (non-hydrogen) atoms. The topological polar surface area (TPSA) is 58.4 Å². The second kappa shape index (κ2) is 4.45. The number of nitrogens with two attached hydrogens (primary N) is 1. The molecule has 2 unspecified atom stereocenters. The highest BCUT2D eigenvalue weighted by Gasteiger charge is 2.85. The van der Waals surface area contributed by atoms with Gasteiger partial charge in [0.1, 0.15) is 0 Å². The fraction of sp³-hybridized carbons (Fsp3) is 0.500. The summed E-state index contributed by atoms with van der Waals surface area (Å²) in [6, 6.07) is 9.26. The third-order valence-electron chi connectivity index (χ3n) is 4.74. The number of rotatable bonds is 3. The number of likely N-dealkylation sites (tertiary alicyclic amines) is 1. The molecule has 1 saturated heterocycles. The van der Waals surface area contributed by atoms with Crippen LogP contribution in [0.25, 0.3) is 0 Å². The molecule has 1 aliphatic heterocycles. The number of alkyl halides is 3. The summed E-state index contributed by atoms with van der Waals surface area (Å²) in [5.74, 6) is 4.37. The van der Waals surface area contributed by atoms with Gasteiger partial charge in [-0.2, -0.15) is 13.2 Å². The molecule has 0 aromatic heterocycles. The predicted octanol–water partition coefficient (Wildman–Crippen LogP) is 1.43. The summed E-state index contributed by atoms with van der Waals surface area (Å²) in [6.07, 6.45) is -4.57. The number of hydrogen-bond acceptors (Lipinski definition) is 3. The first-order chi connectivity index (χ1) is 9.85. The molecule has 1 aromatic carbocycles. The largest absolute Gasteiger partial charge is 0.396 e. The lowest BCUT2D eigenvalue weighted by atomic mass is 9.95. The molecule has 1 aromatic rings. The van der Waals surface area contributed by atoms with Crippen LogP contribution in [0.1, 0.15) is 12.0 Å². The molecule has 2 fully saturated rings. The van der Waals surface area contributed by atoms with Gasteiger partial charge in [0.25, 0.3) is 0 Å². The molecule has 1 amide bonds. The molecule has 1 aliphatic carbocycles. The zero-order chi connectivity index (χ0) is 15.3. The molecule has 0 bridgehead atoms. The van der Waals surface area contributed by atoms with Crippen molar-refractivity contribution in [1.82, 2.24) is 10.3 Å². The molecule has 1 saturated carbocycles. The van der Waals surface area contributed by atoms with Crippen molar-refractivity contribution in [3.05, 3.63) is 35.9 Å². The number of halogens is 3. The smallest absolute Gasteiger partial charge is 0.297 e. The Morgan fingerprint density at radius 1 is 1.29 bits per heavy atom. The van der Waals surface area contributed by atoms with Gasteiger partial charge in [0.15, 0.2) is 0 Å². The average molecular weight is 299 g/mol. The molecule has 7 heteroatoms. The van der Waals surface area contributed by atoms with Gasteiger partial charge in [0, 0.05) is 19.6 Å². The van der Waals surface area contributed by atoms with Crippen molar-refractivity contribution < 1.29 is 18.0 Å². The van der Waals surface area contributed by atoms with Crippen molar-refractivity contribution >= 4 is 5.91 Å². The lowest BCUT2D eigenvalue weighted by Crippen LogP contribution is -2.43. The summed E-state index contributed by atoms with van der Waals surface area (Å²) in [4.78, 5) is 13.5. The van der Waals surface area contributed by atoms with Crippen molar-refractivity contribution in [2.75, 3.05) is 13.1 Å². The molecule has 0 radical (unpaired) electrons. The first-order valence-electron chi connectivity index (χ1n) is 6.69. The standard InChI is InChI=1S/C14H16F3N3O/c15-14(16,17)13-7-12(13,11(21)19-18)8-20(9-13)6-10-4-2-1-3-5-10/h1-5H,6-9,18H2,(H,19,21). The number of nitrogens with zero attached hydrogens (tertiary/aromatic N) is 1. The Bertz CT molecular complexity index is 562. The minimum atomic E-state index is -4.40. The van der Waals surface area contributed by atoms with Crippen molar-refractivity contribution in [2.24, 2.45) is 16.7 Å². The van der Waals surface area contributed by atoms with E-state index in [0.717, 1.165) is 5.56 Å². The van der Waals surface area contributed by atoms with Crippen molar-refractivity contribution in [3.8, 4) is 0 Å². The Labute approximate surface area is 120 Å².